The summed E-state index contributed by atoms with van der Waals surface area (Å²) in [5, 5.41) is 9.74. The molecule has 1 aromatic carbocycles. The zero-order chi connectivity index (χ0) is 15.5. The molecule has 0 aromatic heterocycles. The van der Waals surface area contributed by atoms with Crippen LogP contribution < -0.4 is 0 Å². The summed E-state index contributed by atoms with van der Waals surface area (Å²) in [5.74, 6) is -0.813. The Kier molecular flexibility index (Phi) is 5.04. The van der Waals surface area contributed by atoms with E-state index in [-0.39, 0.29) is 17.6 Å². The summed E-state index contributed by atoms with van der Waals surface area (Å²) >= 11 is 6.07. The minimum atomic E-state index is -0.813. The lowest BCUT2D eigenvalue weighted by Gasteiger charge is -2.35. The van der Waals surface area contributed by atoms with Crippen molar-refractivity contribution in [3.05, 3.63) is 34.3 Å². The van der Waals surface area contributed by atoms with E-state index in [0.29, 0.717) is 17.0 Å². The van der Waals surface area contributed by atoms with Gasteiger partial charge in [-0.15, -0.1) is 0 Å². The van der Waals surface area contributed by atoms with E-state index in [1.165, 1.54) is 0 Å². The fraction of sp³-hybridized carbons (Fsp3) is 0.529. The largest absolute Gasteiger partial charge is 0.481 e. The van der Waals surface area contributed by atoms with E-state index in [4.69, 9.17) is 16.7 Å². The summed E-state index contributed by atoms with van der Waals surface area (Å²) in [6.45, 7) is 1.89. The number of aryl methyl sites for hydroxylation is 1. The molecular weight excluding hydrogens is 288 g/mol. The van der Waals surface area contributed by atoms with Crippen LogP contribution in [0.15, 0.2) is 18.2 Å². The second-order valence-electron chi connectivity index (χ2n) is 6.20. The van der Waals surface area contributed by atoms with Crippen molar-refractivity contribution < 1.29 is 14.7 Å². The number of carboxylic acids is 1. The van der Waals surface area contributed by atoms with Crippen molar-refractivity contribution in [1.82, 2.24) is 0 Å². The second kappa shape index (κ2) is 6.61. The average molecular weight is 309 g/mol. The third-order valence-electron chi connectivity index (χ3n) is 4.47. The maximum Gasteiger partial charge on any atom is 0.303 e. The molecule has 1 saturated carbocycles. The first-order valence-electron chi connectivity index (χ1n) is 7.43. The quantitative estimate of drug-likeness (QED) is 0.806. The molecule has 0 unspecified atom stereocenters. The molecule has 1 N–H and O–H groups in total. The lowest BCUT2D eigenvalue weighted by molar-refractivity contribution is -0.140. The van der Waals surface area contributed by atoms with E-state index < -0.39 is 5.97 Å². The molecule has 1 aliphatic carbocycles. The molecule has 114 valence electrons. The molecule has 0 atom stereocenters. The smallest absolute Gasteiger partial charge is 0.303 e. The summed E-state index contributed by atoms with van der Waals surface area (Å²) in [5.41, 5.74) is 1.14. The third kappa shape index (κ3) is 4.07. The van der Waals surface area contributed by atoms with Crippen LogP contribution in [0, 0.1) is 12.3 Å². The number of carbonyl (C=O) groups excluding carboxylic acids is 1. The number of benzene rings is 1. The van der Waals surface area contributed by atoms with Gasteiger partial charge in [0.25, 0.3) is 0 Å². The SMILES string of the molecule is Cc1ccc(C(=O)CC2(CC(=O)O)CCCCC2)cc1Cl. The Labute approximate surface area is 130 Å². The maximum atomic E-state index is 12.5. The fourth-order valence-corrected chi connectivity index (χ4v) is 3.43. The minimum absolute atomic E-state index is 0.0000463. The van der Waals surface area contributed by atoms with Gasteiger partial charge in [-0.05, 0) is 36.8 Å². The van der Waals surface area contributed by atoms with Crippen molar-refractivity contribution in [1.29, 1.82) is 0 Å². The van der Waals surface area contributed by atoms with Gasteiger partial charge in [-0.2, -0.15) is 0 Å². The molecule has 0 heterocycles. The van der Waals surface area contributed by atoms with Crippen LogP contribution >= 0.6 is 11.6 Å². The minimum Gasteiger partial charge on any atom is -0.481 e. The molecule has 0 bridgehead atoms. The lowest BCUT2D eigenvalue weighted by atomic mass is 9.68. The molecule has 1 aromatic rings. The first kappa shape index (κ1) is 16.0. The summed E-state index contributed by atoms with van der Waals surface area (Å²) in [4.78, 5) is 23.7. The normalized spacial score (nSPS) is 17.4. The van der Waals surface area contributed by atoms with Gasteiger partial charge in [0, 0.05) is 17.0 Å². The first-order chi connectivity index (χ1) is 9.92. The Morgan fingerprint density at radius 3 is 2.43 bits per heavy atom. The lowest BCUT2D eigenvalue weighted by Crippen LogP contribution is -2.30. The highest BCUT2D eigenvalue weighted by atomic mass is 35.5. The van der Waals surface area contributed by atoms with Crippen molar-refractivity contribution in [2.45, 2.75) is 51.9 Å². The van der Waals surface area contributed by atoms with E-state index in [1.807, 2.05) is 13.0 Å². The summed E-state index contributed by atoms with van der Waals surface area (Å²) in [6.07, 6.45) is 5.18. The molecule has 0 saturated heterocycles. The molecule has 1 aliphatic rings. The topological polar surface area (TPSA) is 54.4 Å². The first-order valence-corrected chi connectivity index (χ1v) is 7.81. The van der Waals surface area contributed by atoms with Crippen LogP contribution in [0.1, 0.15) is 60.9 Å². The van der Waals surface area contributed by atoms with Crippen LogP contribution in [0.2, 0.25) is 5.02 Å². The predicted octanol–water partition coefficient (Wildman–Crippen LogP) is 4.65. The Balaban J connectivity index is 2.17. The molecule has 2 rings (SSSR count). The number of aliphatic carboxylic acids is 1. The van der Waals surface area contributed by atoms with E-state index in [9.17, 15) is 9.59 Å². The van der Waals surface area contributed by atoms with Crippen molar-refractivity contribution in [2.24, 2.45) is 5.41 Å². The van der Waals surface area contributed by atoms with E-state index in [2.05, 4.69) is 0 Å². The Bertz CT molecular complexity index is 545. The van der Waals surface area contributed by atoms with Crippen LogP contribution in [-0.4, -0.2) is 16.9 Å². The fourth-order valence-electron chi connectivity index (χ4n) is 3.25. The van der Waals surface area contributed by atoms with Crippen molar-refractivity contribution in [2.75, 3.05) is 0 Å². The number of carboxylic acid groups (broad SMARTS) is 1. The van der Waals surface area contributed by atoms with Crippen molar-refractivity contribution >= 4 is 23.4 Å². The van der Waals surface area contributed by atoms with Crippen LogP contribution in [0.3, 0.4) is 0 Å². The van der Waals surface area contributed by atoms with E-state index >= 15 is 0 Å². The molecule has 4 heteroatoms. The molecule has 3 nitrogen and oxygen atoms in total. The van der Waals surface area contributed by atoms with Gasteiger partial charge in [0.15, 0.2) is 5.78 Å². The highest BCUT2D eigenvalue weighted by molar-refractivity contribution is 6.31. The van der Waals surface area contributed by atoms with Gasteiger partial charge >= 0.3 is 5.97 Å². The van der Waals surface area contributed by atoms with Gasteiger partial charge in [0.1, 0.15) is 0 Å². The van der Waals surface area contributed by atoms with Crippen molar-refractivity contribution in [3.63, 3.8) is 0 Å². The standard InChI is InChI=1S/C17H21ClO3/c1-12-5-6-13(9-14(12)18)15(19)10-17(11-16(20)21)7-3-2-4-8-17/h5-6,9H,2-4,7-8,10-11H2,1H3,(H,20,21). The Morgan fingerprint density at radius 2 is 1.86 bits per heavy atom. The second-order valence-corrected chi connectivity index (χ2v) is 6.60. The monoisotopic (exact) mass is 308 g/mol. The van der Waals surface area contributed by atoms with Gasteiger partial charge in [-0.1, -0.05) is 43.0 Å². The molecule has 0 radical (unpaired) electrons. The molecule has 0 amide bonds. The van der Waals surface area contributed by atoms with Gasteiger partial charge in [-0.3, -0.25) is 9.59 Å². The van der Waals surface area contributed by atoms with E-state index in [1.54, 1.807) is 12.1 Å². The van der Waals surface area contributed by atoms with Crippen LogP contribution in [-0.2, 0) is 4.79 Å². The van der Waals surface area contributed by atoms with Crippen LogP contribution in [0.25, 0.3) is 0 Å². The molecule has 1 fully saturated rings. The number of carbonyl (C=O) groups is 2. The number of Topliss-reactive ketones (excluding diaryl/α,β-unsaturated/α-hetero) is 1. The number of hydrogen-bond donors (Lipinski definition) is 1. The molecule has 21 heavy (non-hydrogen) atoms. The van der Waals surface area contributed by atoms with E-state index in [0.717, 1.165) is 37.7 Å². The van der Waals surface area contributed by atoms with Crippen LogP contribution in [0.4, 0.5) is 0 Å². The summed E-state index contributed by atoms with van der Waals surface area (Å²) in [6, 6.07) is 5.30. The van der Waals surface area contributed by atoms with Crippen LogP contribution in [0.5, 0.6) is 0 Å². The Hall–Kier alpha value is -1.35. The molecule has 0 spiro atoms. The summed E-state index contributed by atoms with van der Waals surface area (Å²) in [7, 11) is 0. The zero-order valence-electron chi connectivity index (χ0n) is 12.3. The predicted molar refractivity (Wildman–Crippen MR) is 82.9 cm³/mol. The third-order valence-corrected chi connectivity index (χ3v) is 4.88. The number of hydrogen-bond acceptors (Lipinski definition) is 2. The van der Waals surface area contributed by atoms with Gasteiger partial charge in [0.2, 0.25) is 0 Å². The molecule has 0 aliphatic heterocycles. The molecular formula is C17H21ClO3. The highest BCUT2D eigenvalue weighted by Crippen LogP contribution is 2.43. The average Bonchev–Trinajstić information content (AvgIpc) is 2.41. The van der Waals surface area contributed by atoms with Gasteiger partial charge in [0.05, 0.1) is 6.42 Å². The highest BCUT2D eigenvalue weighted by Gasteiger charge is 2.36. The summed E-state index contributed by atoms with van der Waals surface area (Å²) < 4.78 is 0. The number of ketones is 1. The number of halogens is 1. The zero-order valence-corrected chi connectivity index (χ0v) is 13.1. The van der Waals surface area contributed by atoms with Crippen molar-refractivity contribution in [3.8, 4) is 0 Å². The Morgan fingerprint density at radius 1 is 1.19 bits per heavy atom. The van der Waals surface area contributed by atoms with Gasteiger partial charge in [-0.25, -0.2) is 0 Å². The van der Waals surface area contributed by atoms with Gasteiger partial charge < -0.3 is 5.11 Å². The maximum absolute atomic E-state index is 12.5. The number of rotatable bonds is 5.